The number of aromatic nitrogens is 2. The lowest BCUT2D eigenvalue weighted by Crippen LogP contribution is -1.98. The molecule has 0 bridgehead atoms. The summed E-state index contributed by atoms with van der Waals surface area (Å²) in [6.07, 6.45) is 0.947. The molecule has 0 radical (unpaired) electrons. The van der Waals surface area contributed by atoms with Crippen molar-refractivity contribution >= 4 is 11.6 Å². The summed E-state index contributed by atoms with van der Waals surface area (Å²) >= 11 is 6.15. The molecule has 0 saturated heterocycles. The van der Waals surface area contributed by atoms with Gasteiger partial charge in [0.15, 0.2) is 0 Å². The van der Waals surface area contributed by atoms with Crippen LogP contribution in [0.4, 0.5) is 0 Å². The van der Waals surface area contributed by atoms with Crippen molar-refractivity contribution in [3.8, 4) is 17.0 Å². The van der Waals surface area contributed by atoms with Gasteiger partial charge in [0.1, 0.15) is 22.4 Å². The highest BCUT2D eigenvalue weighted by molar-refractivity contribution is 6.32. The monoisotopic (exact) mass is 265 g/mol. The molecule has 96 valence electrons. The van der Waals surface area contributed by atoms with Gasteiger partial charge in [-0.2, -0.15) is 0 Å². The summed E-state index contributed by atoms with van der Waals surface area (Å²) in [7, 11) is 1.63. The molecule has 1 aromatic heterocycles. The molecule has 1 heterocycles. The standard InChI is InChI=1S/C13H16ClN3O/c1-3-8-4-5-10(18-2)9(6-8)12-13(14)17-11(7-15)16-12/h4-6H,3,7,15H2,1-2H3,(H,16,17). The van der Waals surface area contributed by atoms with Crippen LogP contribution in [0.5, 0.6) is 5.75 Å². The normalized spacial score (nSPS) is 10.7. The highest BCUT2D eigenvalue weighted by Gasteiger charge is 2.14. The predicted octanol–water partition coefficient (Wildman–Crippen LogP) is 2.76. The van der Waals surface area contributed by atoms with Gasteiger partial charge in [0.25, 0.3) is 0 Å². The first kappa shape index (κ1) is 12.9. The van der Waals surface area contributed by atoms with Crippen LogP contribution in [-0.4, -0.2) is 17.1 Å². The maximum absolute atomic E-state index is 6.15. The van der Waals surface area contributed by atoms with Gasteiger partial charge >= 0.3 is 0 Å². The van der Waals surface area contributed by atoms with E-state index in [1.165, 1.54) is 5.56 Å². The van der Waals surface area contributed by atoms with E-state index >= 15 is 0 Å². The number of hydrogen-bond acceptors (Lipinski definition) is 3. The third-order valence-electron chi connectivity index (χ3n) is 2.83. The van der Waals surface area contributed by atoms with E-state index in [9.17, 15) is 0 Å². The number of benzene rings is 1. The molecule has 0 fully saturated rings. The highest BCUT2D eigenvalue weighted by atomic mass is 35.5. The zero-order chi connectivity index (χ0) is 13.1. The van der Waals surface area contributed by atoms with E-state index < -0.39 is 0 Å². The molecule has 0 aliphatic heterocycles. The smallest absolute Gasteiger partial charge is 0.134 e. The van der Waals surface area contributed by atoms with Crippen LogP contribution in [0, 0.1) is 0 Å². The van der Waals surface area contributed by atoms with Crippen LogP contribution >= 0.6 is 11.6 Å². The molecular formula is C13H16ClN3O. The number of aryl methyl sites for hydroxylation is 1. The fraction of sp³-hybridized carbons (Fsp3) is 0.308. The van der Waals surface area contributed by atoms with Crippen molar-refractivity contribution in [2.24, 2.45) is 5.73 Å². The van der Waals surface area contributed by atoms with Gasteiger partial charge in [-0.15, -0.1) is 0 Å². The van der Waals surface area contributed by atoms with E-state index in [0.717, 1.165) is 17.7 Å². The maximum atomic E-state index is 6.15. The fourth-order valence-corrected chi connectivity index (χ4v) is 2.09. The number of methoxy groups -OCH3 is 1. The van der Waals surface area contributed by atoms with Crippen LogP contribution in [-0.2, 0) is 13.0 Å². The number of hydrogen-bond donors (Lipinski definition) is 2. The molecule has 4 nitrogen and oxygen atoms in total. The van der Waals surface area contributed by atoms with Gasteiger partial charge in [-0.05, 0) is 24.1 Å². The molecule has 5 heteroatoms. The van der Waals surface area contributed by atoms with Crippen molar-refractivity contribution in [3.05, 3.63) is 34.7 Å². The van der Waals surface area contributed by atoms with Crippen LogP contribution in [0.1, 0.15) is 18.3 Å². The molecule has 0 unspecified atom stereocenters. The zero-order valence-electron chi connectivity index (χ0n) is 10.5. The largest absolute Gasteiger partial charge is 0.496 e. The summed E-state index contributed by atoms with van der Waals surface area (Å²) in [5.74, 6) is 1.42. The number of halogens is 1. The zero-order valence-corrected chi connectivity index (χ0v) is 11.2. The second kappa shape index (κ2) is 5.42. The van der Waals surface area contributed by atoms with Gasteiger partial charge in [-0.1, -0.05) is 24.6 Å². The van der Waals surface area contributed by atoms with Crippen LogP contribution in [0.2, 0.25) is 5.15 Å². The molecule has 2 rings (SSSR count). The molecule has 0 aliphatic rings. The van der Waals surface area contributed by atoms with E-state index in [0.29, 0.717) is 23.2 Å². The molecular weight excluding hydrogens is 250 g/mol. The van der Waals surface area contributed by atoms with Gasteiger partial charge in [0.05, 0.1) is 13.7 Å². The van der Waals surface area contributed by atoms with Crippen LogP contribution in [0.25, 0.3) is 11.3 Å². The van der Waals surface area contributed by atoms with Crippen molar-refractivity contribution in [3.63, 3.8) is 0 Å². The SMILES string of the molecule is CCc1ccc(OC)c(-c2nc(CN)[nH]c2Cl)c1. The average molecular weight is 266 g/mol. The van der Waals surface area contributed by atoms with Gasteiger partial charge < -0.3 is 15.5 Å². The molecule has 0 spiro atoms. The van der Waals surface area contributed by atoms with Crippen LogP contribution in [0.3, 0.4) is 0 Å². The topological polar surface area (TPSA) is 63.9 Å². The molecule has 18 heavy (non-hydrogen) atoms. The summed E-state index contributed by atoms with van der Waals surface area (Å²) in [5, 5.41) is 0.488. The Balaban J connectivity index is 2.56. The van der Waals surface area contributed by atoms with Crippen molar-refractivity contribution in [1.82, 2.24) is 9.97 Å². The Kier molecular flexibility index (Phi) is 3.89. The molecule has 0 amide bonds. The van der Waals surface area contributed by atoms with Crippen LogP contribution in [0.15, 0.2) is 18.2 Å². The van der Waals surface area contributed by atoms with Gasteiger partial charge in [-0.25, -0.2) is 4.98 Å². The van der Waals surface area contributed by atoms with E-state index in [1.807, 2.05) is 18.2 Å². The third kappa shape index (κ3) is 2.35. The Morgan fingerprint density at radius 3 is 2.78 bits per heavy atom. The summed E-state index contributed by atoms with van der Waals surface area (Å²) in [6.45, 7) is 2.43. The molecule has 3 N–H and O–H groups in total. The average Bonchev–Trinajstić information content (AvgIpc) is 2.79. The summed E-state index contributed by atoms with van der Waals surface area (Å²) in [4.78, 5) is 7.35. The summed E-state index contributed by atoms with van der Waals surface area (Å²) in [5.41, 5.74) is 8.33. The van der Waals surface area contributed by atoms with Gasteiger partial charge in [0, 0.05) is 5.56 Å². The number of ether oxygens (including phenoxy) is 1. The third-order valence-corrected chi connectivity index (χ3v) is 3.10. The predicted molar refractivity (Wildman–Crippen MR) is 72.9 cm³/mol. The van der Waals surface area contributed by atoms with E-state index in [4.69, 9.17) is 22.1 Å². The van der Waals surface area contributed by atoms with E-state index in [1.54, 1.807) is 7.11 Å². The second-order valence-corrected chi connectivity index (χ2v) is 4.32. The van der Waals surface area contributed by atoms with Crippen LogP contribution < -0.4 is 10.5 Å². The molecule has 1 aromatic carbocycles. The Morgan fingerprint density at radius 2 is 2.22 bits per heavy atom. The Morgan fingerprint density at radius 1 is 1.44 bits per heavy atom. The van der Waals surface area contributed by atoms with Crippen molar-refractivity contribution in [2.75, 3.05) is 7.11 Å². The summed E-state index contributed by atoms with van der Waals surface area (Å²) < 4.78 is 5.35. The molecule has 2 aromatic rings. The van der Waals surface area contributed by atoms with Gasteiger partial charge in [-0.3, -0.25) is 0 Å². The fourth-order valence-electron chi connectivity index (χ4n) is 1.83. The Hall–Kier alpha value is -1.52. The van der Waals surface area contributed by atoms with Crippen molar-refractivity contribution in [1.29, 1.82) is 0 Å². The van der Waals surface area contributed by atoms with E-state index in [2.05, 4.69) is 16.9 Å². The number of nitrogens with zero attached hydrogens (tertiary/aromatic N) is 1. The minimum absolute atomic E-state index is 0.329. The lowest BCUT2D eigenvalue weighted by Gasteiger charge is -2.08. The number of nitrogens with two attached hydrogens (primary N) is 1. The van der Waals surface area contributed by atoms with Crippen molar-refractivity contribution in [2.45, 2.75) is 19.9 Å². The minimum atomic E-state index is 0.329. The molecule has 0 aliphatic carbocycles. The van der Waals surface area contributed by atoms with Crippen molar-refractivity contribution < 1.29 is 4.74 Å². The molecule has 0 saturated carbocycles. The lowest BCUT2D eigenvalue weighted by atomic mass is 10.1. The number of H-pyrrole nitrogens is 1. The molecule has 0 atom stereocenters. The number of imidazole rings is 1. The Labute approximate surface area is 111 Å². The second-order valence-electron chi connectivity index (χ2n) is 3.94. The highest BCUT2D eigenvalue weighted by Crippen LogP contribution is 2.34. The minimum Gasteiger partial charge on any atom is -0.496 e. The lowest BCUT2D eigenvalue weighted by molar-refractivity contribution is 0.416. The Bertz CT molecular complexity index is 551. The first-order valence-electron chi connectivity index (χ1n) is 5.81. The maximum Gasteiger partial charge on any atom is 0.134 e. The number of rotatable bonds is 4. The number of aromatic amines is 1. The summed E-state index contributed by atoms with van der Waals surface area (Å²) in [6, 6.07) is 6.01. The van der Waals surface area contributed by atoms with Gasteiger partial charge in [0.2, 0.25) is 0 Å². The first-order valence-corrected chi connectivity index (χ1v) is 6.19. The first-order chi connectivity index (χ1) is 8.69. The number of nitrogens with one attached hydrogen (secondary N) is 1. The van der Waals surface area contributed by atoms with E-state index in [-0.39, 0.29) is 0 Å². The quantitative estimate of drug-likeness (QED) is 0.893.